The number of rotatable bonds is 5. The molecule has 5 nitrogen and oxygen atoms in total. The lowest BCUT2D eigenvalue weighted by molar-refractivity contribution is 0.0742. The van der Waals surface area contributed by atoms with Crippen LogP contribution in [-0.4, -0.2) is 44.7 Å². The van der Waals surface area contributed by atoms with Gasteiger partial charge in [0.1, 0.15) is 0 Å². The first-order chi connectivity index (χ1) is 11.2. The van der Waals surface area contributed by atoms with Gasteiger partial charge in [-0.2, -0.15) is 0 Å². The molecule has 128 valence electrons. The predicted molar refractivity (Wildman–Crippen MR) is 94.3 cm³/mol. The summed E-state index contributed by atoms with van der Waals surface area (Å²) in [5.41, 5.74) is 1.50. The highest BCUT2D eigenvalue weighted by atomic mass is 32.2. The van der Waals surface area contributed by atoms with Crippen LogP contribution in [0.4, 0.5) is 0 Å². The van der Waals surface area contributed by atoms with E-state index >= 15 is 0 Å². The zero-order valence-electron chi connectivity index (χ0n) is 14.3. The molecule has 0 aliphatic rings. The van der Waals surface area contributed by atoms with Gasteiger partial charge in [0.25, 0.3) is 5.91 Å². The van der Waals surface area contributed by atoms with Crippen molar-refractivity contribution in [1.29, 1.82) is 0 Å². The van der Waals surface area contributed by atoms with E-state index in [1.807, 2.05) is 37.3 Å². The molecule has 0 radical (unpaired) electrons. The summed E-state index contributed by atoms with van der Waals surface area (Å²) in [6.45, 7) is 1.96. The van der Waals surface area contributed by atoms with Crippen LogP contribution >= 0.6 is 0 Å². The predicted octanol–water partition coefficient (Wildman–Crippen LogP) is 2.77. The quantitative estimate of drug-likeness (QED) is 0.836. The number of amides is 1. The average molecular weight is 346 g/mol. The fraction of sp³-hybridized carbons (Fsp3) is 0.278. The van der Waals surface area contributed by atoms with Gasteiger partial charge in [0.2, 0.25) is 10.0 Å². The molecule has 0 aliphatic heterocycles. The summed E-state index contributed by atoms with van der Waals surface area (Å²) < 4.78 is 25.3. The van der Waals surface area contributed by atoms with Crippen molar-refractivity contribution in [2.24, 2.45) is 0 Å². The Morgan fingerprint density at radius 1 is 0.917 bits per heavy atom. The average Bonchev–Trinajstić information content (AvgIpc) is 2.60. The topological polar surface area (TPSA) is 57.7 Å². The molecule has 0 saturated heterocycles. The highest BCUT2D eigenvalue weighted by molar-refractivity contribution is 7.89. The van der Waals surface area contributed by atoms with E-state index in [-0.39, 0.29) is 16.8 Å². The summed E-state index contributed by atoms with van der Waals surface area (Å²) in [5, 5.41) is 0. The Labute approximate surface area is 143 Å². The van der Waals surface area contributed by atoms with E-state index in [2.05, 4.69) is 0 Å². The first-order valence-corrected chi connectivity index (χ1v) is 9.04. The Morgan fingerprint density at radius 2 is 1.46 bits per heavy atom. The van der Waals surface area contributed by atoms with Crippen molar-refractivity contribution in [3.63, 3.8) is 0 Å². The maximum atomic E-state index is 12.6. The van der Waals surface area contributed by atoms with Gasteiger partial charge in [0.15, 0.2) is 0 Å². The number of hydrogen-bond acceptors (Lipinski definition) is 3. The van der Waals surface area contributed by atoms with Gasteiger partial charge >= 0.3 is 0 Å². The van der Waals surface area contributed by atoms with Crippen molar-refractivity contribution in [3.8, 4) is 0 Å². The van der Waals surface area contributed by atoms with Gasteiger partial charge in [0.05, 0.1) is 10.9 Å². The van der Waals surface area contributed by atoms with Crippen molar-refractivity contribution < 1.29 is 13.2 Å². The lowest BCUT2D eigenvalue weighted by atomic mass is 10.1. The summed E-state index contributed by atoms with van der Waals surface area (Å²) in [5.74, 6) is -0.153. The van der Waals surface area contributed by atoms with Crippen LogP contribution in [0.5, 0.6) is 0 Å². The standard InChI is InChI=1S/C18H22N2O3S/c1-14(15-8-6-5-7-9-15)20(4)18(21)16-10-12-17(13-11-16)24(22,23)19(2)3/h5-14H,1-4H3/t14-/m0/s1. The molecule has 0 N–H and O–H groups in total. The highest BCUT2D eigenvalue weighted by Gasteiger charge is 2.21. The molecule has 0 bridgehead atoms. The van der Waals surface area contributed by atoms with Gasteiger partial charge in [0, 0.05) is 26.7 Å². The summed E-state index contributed by atoms with van der Waals surface area (Å²) in [7, 11) is 1.20. The van der Waals surface area contributed by atoms with Crippen LogP contribution in [0.2, 0.25) is 0 Å². The Hall–Kier alpha value is -2.18. The van der Waals surface area contributed by atoms with Crippen molar-refractivity contribution >= 4 is 15.9 Å². The van der Waals surface area contributed by atoms with Gasteiger partial charge in [-0.3, -0.25) is 4.79 Å². The fourth-order valence-corrected chi connectivity index (χ4v) is 3.22. The molecule has 1 atom stereocenters. The van der Waals surface area contributed by atoms with Crippen LogP contribution in [0.15, 0.2) is 59.5 Å². The van der Waals surface area contributed by atoms with Crippen molar-refractivity contribution in [3.05, 3.63) is 65.7 Å². The van der Waals surface area contributed by atoms with Crippen molar-refractivity contribution in [2.75, 3.05) is 21.1 Å². The number of sulfonamides is 1. The molecule has 6 heteroatoms. The summed E-state index contributed by atoms with van der Waals surface area (Å²) in [4.78, 5) is 14.4. The van der Waals surface area contributed by atoms with E-state index in [0.29, 0.717) is 5.56 Å². The largest absolute Gasteiger partial charge is 0.335 e. The number of carbonyl (C=O) groups excluding carboxylic acids is 1. The maximum Gasteiger partial charge on any atom is 0.254 e. The third-order valence-electron chi connectivity index (χ3n) is 4.06. The summed E-state index contributed by atoms with van der Waals surface area (Å²) in [6, 6.07) is 15.7. The summed E-state index contributed by atoms with van der Waals surface area (Å²) in [6.07, 6.45) is 0. The smallest absolute Gasteiger partial charge is 0.254 e. The van der Waals surface area contributed by atoms with E-state index in [1.165, 1.54) is 26.2 Å². The minimum atomic E-state index is -3.49. The number of nitrogens with zero attached hydrogens (tertiary/aromatic N) is 2. The summed E-state index contributed by atoms with van der Waals surface area (Å²) >= 11 is 0. The monoisotopic (exact) mass is 346 g/mol. The maximum absolute atomic E-state index is 12.6. The molecule has 0 saturated carbocycles. The van der Waals surface area contributed by atoms with Crippen LogP contribution in [0.3, 0.4) is 0 Å². The third kappa shape index (κ3) is 3.66. The molecule has 0 heterocycles. The zero-order valence-corrected chi connectivity index (χ0v) is 15.1. The van der Waals surface area contributed by atoms with Crippen LogP contribution in [0.1, 0.15) is 28.9 Å². The Balaban J connectivity index is 2.21. The third-order valence-corrected chi connectivity index (χ3v) is 5.89. The molecule has 0 spiro atoms. The van der Waals surface area contributed by atoms with E-state index in [4.69, 9.17) is 0 Å². The van der Waals surface area contributed by atoms with Crippen LogP contribution in [0.25, 0.3) is 0 Å². The normalized spacial score (nSPS) is 12.9. The lowest BCUT2D eigenvalue weighted by Crippen LogP contribution is -2.29. The van der Waals surface area contributed by atoms with Crippen LogP contribution in [-0.2, 0) is 10.0 Å². The SMILES string of the molecule is C[C@@H](c1ccccc1)N(C)C(=O)c1ccc(S(=O)(=O)N(C)C)cc1. The first-order valence-electron chi connectivity index (χ1n) is 7.60. The molecular weight excluding hydrogens is 324 g/mol. The molecule has 24 heavy (non-hydrogen) atoms. The Kier molecular flexibility index (Phi) is 5.41. The molecule has 1 amide bonds. The molecule has 2 aromatic rings. The Bertz CT molecular complexity index is 800. The Morgan fingerprint density at radius 3 is 1.96 bits per heavy atom. The van der Waals surface area contributed by atoms with Gasteiger partial charge in [-0.05, 0) is 36.8 Å². The molecule has 0 aromatic heterocycles. The number of benzene rings is 2. The van der Waals surface area contributed by atoms with E-state index in [1.54, 1.807) is 24.1 Å². The van der Waals surface area contributed by atoms with Gasteiger partial charge < -0.3 is 4.90 Å². The van der Waals surface area contributed by atoms with Crippen molar-refractivity contribution in [1.82, 2.24) is 9.21 Å². The van der Waals surface area contributed by atoms with Gasteiger partial charge in [-0.15, -0.1) is 0 Å². The molecule has 0 unspecified atom stereocenters. The van der Waals surface area contributed by atoms with Crippen LogP contribution in [0, 0.1) is 0 Å². The second-order valence-electron chi connectivity index (χ2n) is 5.81. The minimum Gasteiger partial charge on any atom is -0.335 e. The van der Waals surface area contributed by atoms with Gasteiger partial charge in [-0.25, -0.2) is 12.7 Å². The molecule has 2 aromatic carbocycles. The molecular formula is C18H22N2O3S. The lowest BCUT2D eigenvalue weighted by Gasteiger charge is -2.25. The van der Waals surface area contributed by atoms with Crippen molar-refractivity contribution in [2.45, 2.75) is 17.9 Å². The van der Waals surface area contributed by atoms with E-state index in [9.17, 15) is 13.2 Å². The van der Waals surface area contributed by atoms with Gasteiger partial charge in [-0.1, -0.05) is 30.3 Å². The highest BCUT2D eigenvalue weighted by Crippen LogP contribution is 2.21. The minimum absolute atomic E-state index is 0.0797. The van der Waals surface area contributed by atoms with E-state index in [0.717, 1.165) is 9.87 Å². The zero-order chi connectivity index (χ0) is 17.9. The second kappa shape index (κ2) is 7.15. The first kappa shape index (κ1) is 18.2. The van der Waals surface area contributed by atoms with Crippen LogP contribution < -0.4 is 0 Å². The second-order valence-corrected chi connectivity index (χ2v) is 7.97. The molecule has 0 aliphatic carbocycles. The van der Waals surface area contributed by atoms with E-state index < -0.39 is 10.0 Å². The fourth-order valence-electron chi connectivity index (χ4n) is 2.31. The number of hydrogen-bond donors (Lipinski definition) is 0. The molecule has 0 fully saturated rings. The molecule has 2 rings (SSSR count). The number of carbonyl (C=O) groups is 1.